The van der Waals surface area contributed by atoms with Crippen molar-refractivity contribution in [2.24, 2.45) is 5.73 Å². The zero-order valence-electron chi connectivity index (χ0n) is 16.7. The second-order valence-corrected chi connectivity index (χ2v) is 6.88. The van der Waals surface area contributed by atoms with Crippen molar-refractivity contribution in [3.05, 3.63) is 0 Å². The van der Waals surface area contributed by atoms with Crippen LogP contribution in [0.25, 0.3) is 0 Å². The maximum absolute atomic E-state index is 10.3. The topological polar surface area (TPSA) is 63.3 Å². The predicted octanol–water partition coefficient (Wildman–Crippen LogP) is 6.69. The van der Waals surface area contributed by atoms with E-state index in [1.54, 1.807) is 0 Å². The van der Waals surface area contributed by atoms with Crippen LogP contribution < -0.4 is 5.73 Å². The molecule has 146 valence electrons. The van der Waals surface area contributed by atoms with Gasteiger partial charge in [0, 0.05) is 6.42 Å². The monoisotopic (exact) mass is 343 g/mol. The highest BCUT2D eigenvalue weighted by molar-refractivity contribution is 5.66. The van der Waals surface area contributed by atoms with Crippen molar-refractivity contribution in [3.63, 3.8) is 0 Å². The van der Waals surface area contributed by atoms with Gasteiger partial charge in [-0.1, -0.05) is 104 Å². The van der Waals surface area contributed by atoms with E-state index in [0.717, 1.165) is 25.8 Å². The molecule has 0 amide bonds. The lowest BCUT2D eigenvalue weighted by Gasteiger charge is -2.03. The zero-order chi connectivity index (χ0) is 18.3. The minimum atomic E-state index is -0.653. The van der Waals surface area contributed by atoms with Crippen LogP contribution in [0.2, 0.25) is 0 Å². The van der Waals surface area contributed by atoms with Crippen LogP contribution in [-0.4, -0.2) is 17.6 Å². The summed E-state index contributed by atoms with van der Waals surface area (Å²) in [4.78, 5) is 10.3. The first-order valence-electron chi connectivity index (χ1n) is 10.6. The van der Waals surface area contributed by atoms with Crippen molar-refractivity contribution >= 4 is 5.97 Å². The fourth-order valence-corrected chi connectivity index (χ4v) is 2.65. The molecule has 0 aromatic rings. The molecule has 0 saturated heterocycles. The lowest BCUT2D eigenvalue weighted by Crippen LogP contribution is -1.93. The number of carboxylic acids is 1. The van der Waals surface area contributed by atoms with Crippen LogP contribution in [0.3, 0.4) is 0 Å². The van der Waals surface area contributed by atoms with Crippen molar-refractivity contribution in [1.29, 1.82) is 0 Å². The Morgan fingerprint density at radius 3 is 1.17 bits per heavy atom. The summed E-state index contributed by atoms with van der Waals surface area (Å²) in [6, 6.07) is 0. The van der Waals surface area contributed by atoms with Crippen molar-refractivity contribution in [2.45, 2.75) is 123 Å². The van der Waals surface area contributed by atoms with Gasteiger partial charge < -0.3 is 10.8 Å². The first-order chi connectivity index (χ1) is 11.7. The molecule has 0 aromatic heterocycles. The molecule has 3 heteroatoms. The summed E-state index contributed by atoms with van der Waals surface area (Å²) in [5, 5.41) is 8.52. The Morgan fingerprint density at radius 2 is 0.917 bits per heavy atom. The summed E-state index contributed by atoms with van der Waals surface area (Å²) in [7, 11) is 0. The van der Waals surface area contributed by atoms with E-state index in [-0.39, 0.29) is 0 Å². The van der Waals surface area contributed by atoms with Gasteiger partial charge in [-0.05, 0) is 19.4 Å². The molecule has 0 spiro atoms. The van der Waals surface area contributed by atoms with E-state index in [1.807, 2.05) is 0 Å². The average Bonchev–Trinajstić information content (AvgIpc) is 2.58. The Balaban J connectivity index is 0. The summed E-state index contributed by atoms with van der Waals surface area (Å²) in [6.45, 7) is 5.15. The van der Waals surface area contributed by atoms with E-state index in [1.165, 1.54) is 83.5 Å². The summed E-state index contributed by atoms with van der Waals surface area (Å²) in [5.41, 5.74) is 5.03. The summed E-state index contributed by atoms with van der Waals surface area (Å²) >= 11 is 0. The molecule has 0 saturated carbocycles. The van der Waals surface area contributed by atoms with Gasteiger partial charge in [-0.15, -0.1) is 0 Å². The summed E-state index contributed by atoms with van der Waals surface area (Å²) in [6.07, 6.45) is 21.3. The second-order valence-electron chi connectivity index (χ2n) is 6.88. The number of unbranched alkanes of at least 4 members (excludes halogenated alkanes) is 14. The maximum Gasteiger partial charge on any atom is 0.303 e. The van der Waals surface area contributed by atoms with Gasteiger partial charge in [0.05, 0.1) is 0 Å². The maximum atomic E-state index is 10.3. The van der Waals surface area contributed by atoms with E-state index in [0.29, 0.717) is 6.42 Å². The van der Waals surface area contributed by atoms with Gasteiger partial charge in [0.15, 0.2) is 0 Å². The van der Waals surface area contributed by atoms with Crippen LogP contribution in [-0.2, 0) is 4.79 Å². The van der Waals surface area contributed by atoms with Crippen LogP contribution in [0.15, 0.2) is 0 Å². The molecule has 3 nitrogen and oxygen atoms in total. The Bertz CT molecular complexity index is 230. The molecule has 0 aromatic carbocycles. The van der Waals surface area contributed by atoms with Crippen LogP contribution >= 0.6 is 0 Å². The molecule has 24 heavy (non-hydrogen) atoms. The third kappa shape index (κ3) is 29.4. The normalized spacial score (nSPS) is 10.3. The van der Waals surface area contributed by atoms with Crippen LogP contribution in [0.1, 0.15) is 123 Å². The number of hydrogen-bond acceptors (Lipinski definition) is 2. The third-order valence-corrected chi connectivity index (χ3v) is 4.28. The van der Waals surface area contributed by atoms with Gasteiger partial charge in [0.1, 0.15) is 0 Å². The minimum absolute atomic E-state index is 0.345. The predicted molar refractivity (Wildman–Crippen MR) is 107 cm³/mol. The van der Waals surface area contributed by atoms with E-state index in [4.69, 9.17) is 10.8 Å². The van der Waals surface area contributed by atoms with Gasteiger partial charge in [-0.2, -0.15) is 0 Å². The Kier molecular flexibility index (Phi) is 26.4. The summed E-state index contributed by atoms with van der Waals surface area (Å²) in [5.74, 6) is -0.653. The van der Waals surface area contributed by atoms with Crippen molar-refractivity contribution in [2.75, 3.05) is 6.54 Å². The van der Waals surface area contributed by atoms with Gasteiger partial charge >= 0.3 is 5.97 Å². The van der Waals surface area contributed by atoms with Gasteiger partial charge in [0.2, 0.25) is 0 Å². The van der Waals surface area contributed by atoms with Crippen LogP contribution in [0, 0.1) is 0 Å². The fraction of sp³-hybridized carbons (Fsp3) is 0.952. The molecule has 0 aliphatic rings. The average molecular weight is 344 g/mol. The zero-order valence-corrected chi connectivity index (χ0v) is 16.7. The highest BCUT2D eigenvalue weighted by Crippen LogP contribution is 2.13. The molecular weight excluding hydrogens is 298 g/mol. The minimum Gasteiger partial charge on any atom is -0.481 e. The lowest BCUT2D eigenvalue weighted by atomic mass is 10.0. The largest absolute Gasteiger partial charge is 0.481 e. The van der Waals surface area contributed by atoms with Crippen molar-refractivity contribution < 1.29 is 9.90 Å². The smallest absolute Gasteiger partial charge is 0.303 e. The number of carboxylic acid groups (broad SMARTS) is 1. The van der Waals surface area contributed by atoms with Crippen LogP contribution in [0.4, 0.5) is 0 Å². The number of nitrogens with two attached hydrogens (primary N) is 1. The van der Waals surface area contributed by atoms with Crippen molar-refractivity contribution in [3.8, 4) is 0 Å². The van der Waals surface area contributed by atoms with E-state index < -0.39 is 5.97 Å². The number of rotatable bonds is 17. The van der Waals surface area contributed by atoms with E-state index in [2.05, 4.69) is 13.8 Å². The Morgan fingerprint density at radius 1 is 0.625 bits per heavy atom. The molecule has 0 heterocycles. The Hall–Kier alpha value is -0.570. The molecule has 0 rings (SSSR count). The number of carbonyl (C=O) groups is 1. The molecule has 0 bridgehead atoms. The van der Waals surface area contributed by atoms with Crippen LogP contribution in [0.5, 0.6) is 0 Å². The van der Waals surface area contributed by atoms with Crippen molar-refractivity contribution in [1.82, 2.24) is 0 Å². The molecule has 0 aliphatic heterocycles. The molecular formula is C21H45NO2. The molecule has 0 atom stereocenters. The lowest BCUT2D eigenvalue weighted by molar-refractivity contribution is -0.137. The SMILES string of the molecule is CCCCCCCCCCCCCCCCCC(=O)O.CCCN. The van der Waals surface area contributed by atoms with E-state index >= 15 is 0 Å². The number of aliphatic carboxylic acids is 1. The third-order valence-electron chi connectivity index (χ3n) is 4.28. The fourth-order valence-electron chi connectivity index (χ4n) is 2.65. The molecule has 0 unspecified atom stereocenters. The van der Waals surface area contributed by atoms with Gasteiger partial charge in [-0.25, -0.2) is 0 Å². The molecule has 3 N–H and O–H groups in total. The molecule has 0 radical (unpaired) electrons. The highest BCUT2D eigenvalue weighted by Gasteiger charge is 1.97. The standard InChI is InChI=1S/C18H36O2.C3H9N/c1-2-3-4-5-6-7-8-9-10-11-12-13-14-15-16-17-18(19)20;1-2-3-4/h2-17H2,1H3,(H,19,20);2-4H2,1H3. The first kappa shape index (κ1) is 25.7. The quantitative estimate of drug-likeness (QED) is 0.289. The van der Waals surface area contributed by atoms with Gasteiger partial charge in [0.25, 0.3) is 0 Å². The Labute approximate surface area is 151 Å². The molecule has 0 aliphatic carbocycles. The number of hydrogen-bond donors (Lipinski definition) is 2. The second kappa shape index (κ2) is 24.7. The van der Waals surface area contributed by atoms with Gasteiger partial charge in [-0.3, -0.25) is 4.79 Å². The highest BCUT2D eigenvalue weighted by atomic mass is 16.4. The summed E-state index contributed by atoms with van der Waals surface area (Å²) < 4.78 is 0. The van der Waals surface area contributed by atoms with E-state index in [9.17, 15) is 4.79 Å². The molecule has 0 fully saturated rings. The first-order valence-corrected chi connectivity index (χ1v) is 10.6.